The Labute approximate surface area is 103 Å². The van der Waals surface area contributed by atoms with Crippen molar-refractivity contribution in [3.05, 3.63) is 29.3 Å². The summed E-state index contributed by atoms with van der Waals surface area (Å²) >= 11 is 0. The van der Waals surface area contributed by atoms with Gasteiger partial charge in [-0.15, -0.1) is 0 Å². The summed E-state index contributed by atoms with van der Waals surface area (Å²) in [5, 5.41) is 2.71. The van der Waals surface area contributed by atoms with E-state index < -0.39 is 17.9 Å². The largest absolute Gasteiger partial charge is 0.465 e. The highest BCUT2D eigenvalue weighted by Gasteiger charge is 2.45. The highest BCUT2D eigenvalue weighted by molar-refractivity contribution is 5.90. The number of anilines is 1. The lowest BCUT2D eigenvalue weighted by atomic mass is 9.98. The minimum atomic E-state index is -2.86. The number of carbonyl (C=O) groups excluding carboxylic acids is 1. The fourth-order valence-electron chi connectivity index (χ4n) is 2.08. The number of nitrogen functional groups attached to an aromatic ring is 1. The van der Waals surface area contributed by atoms with Crippen molar-refractivity contribution in [3.63, 3.8) is 0 Å². The minimum Gasteiger partial charge on any atom is -0.465 e. The Morgan fingerprint density at radius 3 is 2.83 bits per heavy atom. The number of rotatable bonds is 2. The standard InChI is InChI=1S/C12H14F2N2O2/c1-18-11(17)7-2-3-9(15)8(6-7)10-12(13,14)4-5-16-10/h2-3,6,10,16H,4-5,15H2,1H3/t10-/m1/s1. The van der Waals surface area contributed by atoms with Crippen molar-refractivity contribution >= 4 is 11.7 Å². The molecule has 0 saturated carbocycles. The second-order valence-corrected chi connectivity index (χ2v) is 4.23. The average molecular weight is 256 g/mol. The average Bonchev–Trinajstić information content (AvgIpc) is 2.68. The molecule has 18 heavy (non-hydrogen) atoms. The number of nitrogens with two attached hydrogens (primary N) is 1. The van der Waals surface area contributed by atoms with Crippen molar-refractivity contribution in [2.75, 3.05) is 19.4 Å². The zero-order chi connectivity index (χ0) is 13.3. The van der Waals surface area contributed by atoms with Crippen LogP contribution in [0.2, 0.25) is 0 Å². The number of methoxy groups -OCH3 is 1. The summed E-state index contributed by atoms with van der Waals surface area (Å²) in [6, 6.07) is 3.11. The number of hydrogen-bond acceptors (Lipinski definition) is 4. The molecule has 1 saturated heterocycles. The van der Waals surface area contributed by atoms with Crippen molar-refractivity contribution < 1.29 is 18.3 Å². The number of halogens is 2. The second-order valence-electron chi connectivity index (χ2n) is 4.23. The fraction of sp³-hybridized carbons (Fsp3) is 0.417. The molecule has 1 aromatic carbocycles. The SMILES string of the molecule is COC(=O)c1ccc(N)c([C@H]2NCCC2(F)F)c1. The first-order valence-corrected chi connectivity index (χ1v) is 5.54. The lowest BCUT2D eigenvalue weighted by Crippen LogP contribution is -2.27. The number of nitrogens with one attached hydrogen (secondary N) is 1. The van der Waals surface area contributed by atoms with Crippen LogP contribution in [0, 0.1) is 0 Å². The number of benzene rings is 1. The third kappa shape index (κ3) is 2.15. The molecule has 98 valence electrons. The molecule has 4 nitrogen and oxygen atoms in total. The summed E-state index contributed by atoms with van der Waals surface area (Å²) in [7, 11) is 1.24. The maximum Gasteiger partial charge on any atom is 0.337 e. The summed E-state index contributed by atoms with van der Waals surface area (Å²) < 4.78 is 31.9. The first kappa shape index (κ1) is 12.8. The van der Waals surface area contributed by atoms with Gasteiger partial charge in [0.15, 0.2) is 0 Å². The maximum absolute atomic E-state index is 13.7. The van der Waals surface area contributed by atoms with E-state index in [9.17, 15) is 13.6 Å². The van der Waals surface area contributed by atoms with Crippen molar-refractivity contribution in [2.24, 2.45) is 0 Å². The monoisotopic (exact) mass is 256 g/mol. The van der Waals surface area contributed by atoms with Gasteiger partial charge in [0.25, 0.3) is 5.92 Å². The van der Waals surface area contributed by atoms with Crippen LogP contribution in [0.5, 0.6) is 0 Å². The van der Waals surface area contributed by atoms with E-state index in [2.05, 4.69) is 10.1 Å². The van der Waals surface area contributed by atoms with E-state index in [1.807, 2.05) is 0 Å². The van der Waals surface area contributed by atoms with Crippen LogP contribution >= 0.6 is 0 Å². The Morgan fingerprint density at radius 2 is 2.28 bits per heavy atom. The summed E-state index contributed by atoms with van der Waals surface area (Å²) in [5.41, 5.74) is 6.39. The van der Waals surface area contributed by atoms with Crippen LogP contribution in [0.3, 0.4) is 0 Å². The van der Waals surface area contributed by atoms with E-state index >= 15 is 0 Å². The summed E-state index contributed by atoms with van der Waals surface area (Å²) in [5.74, 6) is -3.43. The maximum atomic E-state index is 13.7. The van der Waals surface area contributed by atoms with Gasteiger partial charge in [-0.3, -0.25) is 0 Å². The molecule has 0 radical (unpaired) electrons. The first-order valence-electron chi connectivity index (χ1n) is 5.54. The topological polar surface area (TPSA) is 64.3 Å². The van der Waals surface area contributed by atoms with E-state index in [0.29, 0.717) is 0 Å². The quantitative estimate of drug-likeness (QED) is 0.624. The number of alkyl halides is 2. The van der Waals surface area contributed by atoms with Crippen molar-refractivity contribution in [1.29, 1.82) is 0 Å². The second kappa shape index (κ2) is 4.53. The molecule has 0 unspecified atom stereocenters. The predicted octanol–water partition coefficient (Wildman–Crippen LogP) is 1.73. The Hall–Kier alpha value is -1.69. The normalized spacial score (nSPS) is 21.8. The van der Waals surface area contributed by atoms with Gasteiger partial charge < -0.3 is 15.8 Å². The molecule has 1 atom stereocenters. The molecule has 1 aliphatic rings. The highest BCUT2D eigenvalue weighted by Crippen LogP contribution is 2.40. The van der Waals surface area contributed by atoms with Crippen LogP contribution in [-0.4, -0.2) is 25.5 Å². The summed E-state index contributed by atoms with van der Waals surface area (Å²) in [6.45, 7) is 0.222. The molecule has 2 rings (SSSR count). The van der Waals surface area contributed by atoms with Gasteiger partial charge in [-0.1, -0.05) is 0 Å². The van der Waals surface area contributed by atoms with Gasteiger partial charge in [0.05, 0.1) is 18.7 Å². The molecular formula is C12H14F2N2O2. The number of esters is 1. The van der Waals surface area contributed by atoms with Gasteiger partial charge in [-0.25, -0.2) is 13.6 Å². The zero-order valence-corrected chi connectivity index (χ0v) is 9.87. The van der Waals surface area contributed by atoms with E-state index in [1.165, 1.54) is 25.3 Å². The Kier molecular flexibility index (Phi) is 3.21. The van der Waals surface area contributed by atoms with Gasteiger partial charge in [0.2, 0.25) is 0 Å². The third-order valence-corrected chi connectivity index (χ3v) is 3.05. The zero-order valence-electron chi connectivity index (χ0n) is 9.87. The molecule has 1 aliphatic heterocycles. The Bertz CT molecular complexity index is 477. The van der Waals surface area contributed by atoms with Crippen LogP contribution < -0.4 is 11.1 Å². The van der Waals surface area contributed by atoms with E-state index in [-0.39, 0.29) is 29.8 Å². The number of hydrogen-bond donors (Lipinski definition) is 2. The lowest BCUT2D eigenvalue weighted by Gasteiger charge is -2.21. The van der Waals surface area contributed by atoms with Crippen molar-refractivity contribution in [1.82, 2.24) is 5.32 Å². The van der Waals surface area contributed by atoms with Gasteiger partial charge in [-0.05, 0) is 23.8 Å². The molecule has 0 bridgehead atoms. The molecule has 0 aliphatic carbocycles. The Morgan fingerprint density at radius 1 is 1.56 bits per heavy atom. The molecule has 0 aromatic heterocycles. The summed E-state index contributed by atoms with van der Waals surface area (Å²) in [6.07, 6.45) is -0.237. The Balaban J connectivity index is 2.41. The number of carbonyl (C=O) groups is 1. The highest BCUT2D eigenvalue weighted by atomic mass is 19.3. The minimum absolute atomic E-state index is 0.214. The van der Waals surface area contributed by atoms with Crippen LogP contribution in [-0.2, 0) is 4.74 Å². The molecule has 1 aromatic rings. The van der Waals surface area contributed by atoms with Crippen LogP contribution in [0.4, 0.5) is 14.5 Å². The van der Waals surface area contributed by atoms with Gasteiger partial charge in [0, 0.05) is 18.7 Å². The number of ether oxygens (including phenoxy) is 1. The molecular weight excluding hydrogens is 242 g/mol. The van der Waals surface area contributed by atoms with Crippen molar-refractivity contribution in [3.8, 4) is 0 Å². The lowest BCUT2D eigenvalue weighted by molar-refractivity contribution is -0.0115. The molecule has 0 spiro atoms. The molecule has 3 N–H and O–H groups in total. The van der Waals surface area contributed by atoms with Gasteiger partial charge >= 0.3 is 5.97 Å². The molecule has 6 heteroatoms. The molecule has 1 fully saturated rings. The van der Waals surface area contributed by atoms with E-state index in [0.717, 1.165) is 0 Å². The van der Waals surface area contributed by atoms with Crippen LogP contribution in [0.15, 0.2) is 18.2 Å². The molecule has 0 amide bonds. The predicted molar refractivity (Wildman–Crippen MR) is 62.5 cm³/mol. The fourth-order valence-corrected chi connectivity index (χ4v) is 2.08. The van der Waals surface area contributed by atoms with Crippen LogP contribution in [0.25, 0.3) is 0 Å². The first-order chi connectivity index (χ1) is 8.45. The van der Waals surface area contributed by atoms with E-state index in [4.69, 9.17) is 5.73 Å². The van der Waals surface area contributed by atoms with E-state index in [1.54, 1.807) is 0 Å². The van der Waals surface area contributed by atoms with Gasteiger partial charge in [0.1, 0.15) is 0 Å². The smallest absolute Gasteiger partial charge is 0.337 e. The molecule has 1 heterocycles. The third-order valence-electron chi connectivity index (χ3n) is 3.05. The van der Waals surface area contributed by atoms with Crippen molar-refractivity contribution in [2.45, 2.75) is 18.4 Å². The van der Waals surface area contributed by atoms with Gasteiger partial charge in [-0.2, -0.15) is 0 Å². The summed E-state index contributed by atoms with van der Waals surface area (Å²) in [4.78, 5) is 11.4. The van der Waals surface area contributed by atoms with Crippen LogP contribution in [0.1, 0.15) is 28.4 Å².